The van der Waals surface area contributed by atoms with Crippen molar-refractivity contribution in [3.63, 3.8) is 0 Å². The van der Waals surface area contributed by atoms with Gasteiger partial charge in [-0.05, 0) is 30.9 Å². The number of hydrogen-bond donors (Lipinski definition) is 3. The van der Waals surface area contributed by atoms with E-state index in [1.165, 1.54) is 18.2 Å². The van der Waals surface area contributed by atoms with Gasteiger partial charge in [0.25, 0.3) is 5.69 Å². The van der Waals surface area contributed by atoms with Crippen molar-refractivity contribution < 1.29 is 15.1 Å². The van der Waals surface area contributed by atoms with Gasteiger partial charge in [-0.1, -0.05) is 19.3 Å². The van der Waals surface area contributed by atoms with Gasteiger partial charge in [-0.2, -0.15) is 0 Å². The van der Waals surface area contributed by atoms with Gasteiger partial charge in [0.2, 0.25) is 0 Å². The van der Waals surface area contributed by atoms with Crippen LogP contribution in [0.1, 0.15) is 43.7 Å². The molecule has 4 N–H and O–H groups in total. The Balaban J connectivity index is 2.24. The first-order valence-corrected chi connectivity index (χ1v) is 6.91. The van der Waals surface area contributed by atoms with Gasteiger partial charge in [0.05, 0.1) is 22.6 Å². The van der Waals surface area contributed by atoms with Crippen LogP contribution >= 0.6 is 0 Å². The molecule has 2 atom stereocenters. The fraction of sp³-hybridized carbons (Fsp3) is 0.571. The quantitative estimate of drug-likeness (QED) is 0.578. The molecular weight excluding hydrogens is 260 g/mol. The summed E-state index contributed by atoms with van der Waals surface area (Å²) in [6.07, 6.45) is 4.22. The van der Waals surface area contributed by atoms with E-state index in [0.717, 1.165) is 32.1 Å². The van der Waals surface area contributed by atoms with Crippen molar-refractivity contribution in [3.8, 4) is 5.75 Å². The molecule has 6 heteroatoms. The van der Waals surface area contributed by atoms with Gasteiger partial charge in [0, 0.05) is 6.07 Å². The smallest absolute Gasteiger partial charge is 0.274 e. The van der Waals surface area contributed by atoms with E-state index in [9.17, 15) is 20.3 Å². The zero-order valence-corrected chi connectivity index (χ0v) is 11.2. The molecule has 20 heavy (non-hydrogen) atoms. The number of nitro benzene ring substituents is 1. The monoisotopic (exact) mass is 280 g/mol. The van der Waals surface area contributed by atoms with E-state index >= 15 is 0 Å². The Kier molecular flexibility index (Phi) is 4.57. The summed E-state index contributed by atoms with van der Waals surface area (Å²) in [5.74, 6) is -0.0161. The molecule has 0 spiro atoms. The molecule has 6 nitrogen and oxygen atoms in total. The van der Waals surface area contributed by atoms with Gasteiger partial charge in [0.15, 0.2) is 0 Å². The number of hydrogen-bond acceptors (Lipinski definition) is 5. The van der Waals surface area contributed by atoms with Crippen LogP contribution in [0.4, 0.5) is 5.69 Å². The van der Waals surface area contributed by atoms with E-state index in [0.29, 0.717) is 0 Å². The van der Waals surface area contributed by atoms with Crippen molar-refractivity contribution in [2.45, 2.75) is 44.2 Å². The number of aliphatic hydroxyl groups excluding tert-OH is 1. The Labute approximate surface area is 117 Å². The Morgan fingerprint density at radius 3 is 2.55 bits per heavy atom. The molecule has 1 aliphatic carbocycles. The third-order valence-corrected chi connectivity index (χ3v) is 4.07. The highest BCUT2D eigenvalue weighted by molar-refractivity contribution is 5.47. The zero-order chi connectivity index (χ0) is 14.7. The number of nitrogens with two attached hydrogens (primary N) is 1. The molecule has 1 aromatic rings. The van der Waals surface area contributed by atoms with Crippen LogP contribution in [0, 0.1) is 16.0 Å². The van der Waals surface area contributed by atoms with Gasteiger partial charge in [0.1, 0.15) is 5.75 Å². The Bertz CT molecular complexity index is 486. The molecule has 1 aliphatic rings. The molecule has 0 unspecified atom stereocenters. The van der Waals surface area contributed by atoms with Gasteiger partial charge in [-0.15, -0.1) is 0 Å². The first-order valence-electron chi connectivity index (χ1n) is 6.91. The lowest BCUT2D eigenvalue weighted by atomic mass is 9.81. The number of phenols is 1. The van der Waals surface area contributed by atoms with Crippen LogP contribution in [0.3, 0.4) is 0 Å². The second kappa shape index (κ2) is 6.19. The number of phenolic OH excluding ortho intramolecular Hbond substituents is 1. The standard InChI is InChI=1S/C14H20N2O4/c15-13(14(18)9-4-2-1-3-5-9)11-8-10(17)6-7-12(11)16(19)20/h6-9,13-14,17-18H,1-5,15H2/t13-,14+/m0/s1. The van der Waals surface area contributed by atoms with Gasteiger partial charge in [-0.3, -0.25) is 10.1 Å². The van der Waals surface area contributed by atoms with E-state index in [2.05, 4.69) is 0 Å². The van der Waals surface area contributed by atoms with Crippen LogP contribution in [0.2, 0.25) is 0 Å². The lowest BCUT2D eigenvalue weighted by Gasteiger charge is -2.30. The van der Waals surface area contributed by atoms with Crippen molar-refractivity contribution in [1.82, 2.24) is 0 Å². The minimum absolute atomic E-state index is 0.0701. The summed E-state index contributed by atoms with van der Waals surface area (Å²) in [7, 11) is 0. The van der Waals surface area contributed by atoms with Crippen LogP contribution in [0.15, 0.2) is 18.2 Å². The zero-order valence-electron chi connectivity index (χ0n) is 11.2. The number of aliphatic hydroxyl groups is 1. The van der Waals surface area contributed by atoms with Crippen LogP contribution in [-0.2, 0) is 0 Å². The average molecular weight is 280 g/mol. The number of rotatable bonds is 4. The predicted molar refractivity (Wildman–Crippen MR) is 74.3 cm³/mol. The second-order valence-electron chi connectivity index (χ2n) is 5.41. The van der Waals surface area contributed by atoms with E-state index in [-0.39, 0.29) is 22.9 Å². The highest BCUT2D eigenvalue weighted by Gasteiger charge is 2.31. The topological polar surface area (TPSA) is 110 Å². The molecule has 0 aromatic heterocycles. The first-order chi connectivity index (χ1) is 9.50. The van der Waals surface area contributed by atoms with Crippen molar-refractivity contribution in [2.24, 2.45) is 11.7 Å². The second-order valence-corrected chi connectivity index (χ2v) is 5.41. The predicted octanol–water partition coefficient (Wildman–Crippen LogP) is 2.24. The maximum absolute atomic E-state index is 11.0. The van der Waals surface area contributed by atoms with Gasteiger partial charge < -0.3 is 15.9 Å². The van der Waals surface area contributed by atoms with Crippen molar-refractivity contribution in [2.75, 3.05) is 0 Å². The van der Waals surface area contributed by atoms with Crippen molar-refractivity contribution >= 4 is 5.69 Å². The Hall–Kier alpha value is -1.66. The van der Waals surface area contributed by atoms with Gasteiger partial charge >= 0.3 is 0 Å². The first kappa shape index (κ1) is 14.7. The molecule has 1 fully saturated rings. The third kappa shape index (κ3) is 3.08. The van der Waals surface area contributed by atoms with Gasteiger partial charge in [-0.25, -0.2) is 0 Å². The summed E-state index contributed by atoms with van der Waals surface area (Å²) < 4.78 is 0. The normalized spacial score (nSPS) is 19.5. The molecule has 0 heterocycles. The van der Waals surface area contributed by atoms with E-state index < -0.39 is 17.1 Å². The Morgan fingerprint density at radius 1 is 1.30 bits per heavy atom. The highest BCUT2D eigenvalue weighted by Crippen LogP contribution is 2.35. The maximum Gasteiger partial charge on any atom is 0.274 e. The number of nitrogens with zero attached hydrogens (tertiary/aromatic N) is 1. The molecule has 110 valence electrons. The van der Waals surface area contributed by atoms with Crippen LogP contribution < -0.4 is 5.73 Å². The van der Waals surface area contributed by atoms with E-state index in [1.54, 1.807) is 0 Å². The minimum Gasteiger partial charge on any atom is -0.508 e. The van der Waals surface area contributed by atoms with Crippen molar-refractivity contribution in [1.29, 1.82) is 0 Å². The summed E-state index contributed by atoms with van der Waals surface area (Å²) in [4.78, 5) is 10.5. The van der Waals surface area contributed by atoms with Crippen LogP contribution in [0.5, 0.6) is 5.75 Å². The third-order valence-electron chi connectivity index (χ3n) is 4.07. The molecule has 1 aromatic carbocycles. The summed E-state index contributed by atoms with van der Waals surface area (Å²) in [6, 6.07) is 2.89. The summed E-state index contributed by atoms with van der Waals surface area (Å²) in [5, 5.41) is 30.9. The van der Waals surface area contributed by atoms with E-state index in [1.807, 2.05) is 0 Å². The lowest BCUT2D eigenvalue weighted by molar-refractivity contribution is -0.385. The van der Waals surface area contributed by atoms with Crippen LogP contribution in [0.25, 0.3) is 0 Å². The fourth-order valence-electron chi connectivity index (χ4n) is 2.93. The number of benzene rings is 1. The Morgan fingerprint density at radius 2 is 1.95 bits per heavy atom. The molecule has 0 saturated heterocycles. The number of aromatic hydroxyl groups is 1. The number of nitro groups is 1. The summed E-state index contributed by atoms with van der Waals surface area (Å²) >= 11 is 0. The van der Waals surface area contributed by atoms with E-state index in [4.69, 9.17) is 5.73 Å². The van der Waals surface area contributed by atoms with Crippen LogP contribution in [-0.4, -0.2) is 21.2 Å². The molecule has 0 bridgehead atoms. The highest BCUT2D eigenvalue weighted by atomic mass is 16.6. The average Bonchev–Trinajstić information content (AvgIpc) is 2.46. The SMILES string of the molecule is N[C@@H](c1cc(O)ccc1[N+](=O)[O-])[C@H](O)C1CCCCC1. The maximum atomic E-state index is 11.0. The summed E-state index contributed by atoms with van der Waals surface area (Å²) in [5.41, 5.74) is 6.04. The molecule has 0 aliphatic heterocycles. The van der Waals surface area contributed by atoms with Crippen molar-refractivity contribution in [3.05, 3.63) is 33.9 Å². The molecular formula is C14H20N2O4. The minimum atomic E-state index is -0.856. The molecule has 0 amide bonds. The molecule has 1 saturated carbocycles. The fourth-order valence-corrected chi connectivity index (χ4v) is 2.93. The molecule has 2 rings (SSSR count). The largest absolute Gasteiger partial charge is 0.508 e. The molecule has 0 radical (unpaired) electrons. The lowest BCUT2D eigenvalue weighted by Crippen LogP contribution is -2.34. The summed E-state index contributed by atoms with van der Waals surface area (Å²) in [6.45, 7) is 0.